The highest BCUT2D eigenvalue weighted by Gasteiger charge is 2.19. The molecule has 0 aliphatic rings. The van der Waals surface area contributed by atoms with Crippen molar-refractivity contribution in [1.29, 1.82) is 0 Å². The second-order valence-electron chi connectivity index (χ2n) is 9.54. The van der Waals surface area contributed by atoms with Crippen molar-refractivity contribution in [3.8, 4) is 0 Å². The number of nitrogens with one attached hydrogen (secondary N) is 2. The lowest BCUT2D eigenvalue weighted by molar-refractivity contribution is 0.444. The number of thiophene rings is 1. The van der Waals surface area contributed by atoms with Crippen LogP contribution in [0.3, 0.4) is 0 Å². The van der Waals surface area contributed by atoms with Crippen LogP contribution in [-0.2, 0) is 20.1 Å². The summed E-state index contributed by atoms with van der Waals surface area (Å²) < 4.78 is 45.2. The molecule has 0 spiro atoms. The van der Waals surface area contributed by atoms with E-state index in [1.807, 2.05) is 6.92 Å². The summed E-state index contributed by atoms with van der Waals surface area (Å²) in [4.78, 5) is 51.4. The number of aromatic nitrogens is 6. The second kappa shape index (κ2) is 10.3. The fourth-order valence-corrected chi connectivity index (χ4v) is 5.56. The van der Waals surface area contributed by atoms with Crippen molar-refractivity contribution in [3.05, 3.63) is 113 Å². The minimum absolute atomic E-state index is 0.119. The molecule has 2 aromatic carbocycles. The van der Waals surface area contributed by atoms with Crippen LogP contribution in [0.25, 0.3) is 21.3 Å². The highest BCUT2D eigenvalue weighted by molar-refractivity contribution is 7.16. The van der Waals surface area contributed by atoms with Crippen LogP contribution in [-0.4, -0.2) is 28.7 Å². The number of aryl methyl sites for hydroxylation is 2. The number of hydrogen-bond acceptors (Lipinski definition) is 7. The molecule has 6 rings (SSSR count). The van der Waals surface area contributed by atoms with Crippen LogP contribution in [0.4, 0.5) is 24.8 Å². The Bertz CT molecular complexity index is 2210. The van der Waals surface area contributed by atoms with E-state index in [0.717, 1.165) is 21.3 Å². The molecule has 0 saturated heterocycles. The molecular weight excluding hydrogens is 595 g/mol. The fourth-order valence-electron chi connectivity index (χ4n) is 4.59. The van der Waals surface area contributed by atoms with E-state index in [-0.39, 0.29) is 27.8 Å². The first-order valence-corrected chi connectivity index (χ1v) is 13.6. The zero-order chi connectivity index (χ0) is 29.9. The predicted molar refractivity (Wildman–Crippen MR) is 153 cm³/mol. The van der Waals surface area contributed by atoms with Crippen LogP contribution in [0.5, 0.6) is 0 Å². The van der Waals surface area contributed by atoms with E-state index in [0.29, 0.717) is 27.1 Å². The Morgan fingerprint density at radius 2 is 1.74 bits per heavy atom. The van der Waals surface area contributed by atoms with Gasteiger partial charge in [-0.3, -0.25) is 9.36 Å². The Labute approximate surface area is 242 Å². The number of H-pyrrole nitrogens is 1. The summed E-state index contributed by atoms with van der Waals surface area (Å²) in [7, 11) is 1.80. The molecule has 0 amide bonds. The molecule has 0 aliphatic carbocycles. The van der Waals surface area contributed by atoms with E-state index in [4.69, 9.17) is 11.6 Å². The molecule has 0 fully saturated rings. The Kier molecular flexibility index (Phi) is 6.74. The summed E-state index contributed by atoms with van der Waals surface area (Å²) in [6.07, 6.45) is 0. The number of rotatable bonds is 6. The third kappa shape index (κ3) is 4.77. The maximum atomic E-state index is 14.1. The topological polar surface area (TPSA) is 120 Å². The van der Waals surface area contributed by atoms with Crippen LogP contribution in [0.15, 0.2) is 56.2 Å². The van der Waals surface area contributed by atoms with Gasteiger partial charge in [-0.2, -0.15) is 4.98 Å². The fraction of sp³-hybridized carbons (Fsp3) is 0.148. The van der Waals surface area contributed by atoms with Crippen LogP contribution >= 0.6 is 22.9 Å². The molecule has 4 heterocycles. The Morgan fingerprint density at radius 1 is 1.00 bits per heavy atom. The van der Waals surface area contributed by atoms with Crippen molar-refractivity contribution >= 4 is 55.8 Å². The number of hydrogen-bond donors (Lipinski definition) is 2. The summed E-state index contributed by atoms with van der Waals surface area (Å²) >= 11 is 7.79. The molecule has 0 atom stereocenters. The maximum absolute atomic E-state index is 14.1. The van der Waals surface area contributed by atoms with Crippen molar-refractivity contribution in [2.45, 2.75) is 20.0 Å². The number of benzene rings is 2. The largest absolute Gasteiger partial charge is 0.355 e. The van der Waals surface area contributed by atoms with Gasteiger partial charge in [0.05, 0.1) is 34.8 Å². The minimum Gasteiger partial charge on any atom is -0.331 e. The van der Waals surface area contributed by atoms with Gasteiger partial charge in [0, 0.05) is 18.0 Å². The van der Waals surface area contributed by atoms with Gasteiger partial charge in [0.15, 0.2) is 17.5 Å². The molecule has 0 radical (unpaired) electrons. The highest BCUT2D eigenvalue weighted by atomic mass is 35.5. The van der Waals surface area contributed by atoms with Gasteiger partial charge in [0.2, 0.25) is 5.95 Å². The molecule has 42 heavy (non-hydrogen) atoms. The lowest BCUT2D eigenvalue weighted by Gasteiger charge is -2.17. The van der Waals surface area contributed by atoms with Gasteiger partial charge >= 0.3 is 11.4 Å². The van der Waals surface area contributed by atoms with E-state index in [1.54, 1.807) is 41.3 Å². The van der Waals surface area contributed by atoms with Crippen LogP contribution in [0.1, 0.15) is 17.0 Å². The Morgan fingerprint density at radius 3 is 2.48 bits per heavy atom. The Hall–Kier alpha value is -4.69. The minimum atomic E-state index is -1.66. The van der Waals surface area contributed by atoms with Crippen molar-refractivity contribution in [3.63, 3.8) is 0 Å². The second-order valence-corrected chi connectivity index (χ2v) is 10.9. The zero-order valence-electron chi connectivity index (χ0n) is 21.8. The summed E-state index contributed by atoms with van der Waals surface area (Å²) in [5, 5.41) is 5.56. The first kappa shape index (κ1) is 27.5. The van der Waals surface area contributed by atoms with Crippen molar-refractivity contribution in [2.75, 3.05) is 5.32 Å². The van der Waals surface area contributed by atoms with E-state index in [9.17, 15) is 27.6 Å². The standard InChI is InChI=1S/C27H19ClF3N7O3S/c1-12-32-20-8-16(28)19(9-21(20)36(12)2)33-25-35-26(40)38(11-15-7-14-3-4-42-24(14)34-23(15)39)27(41)37(25)10-13-5-17(29)22(31)18(30)6-13/h3-9H,10-11H2,1-2H3,(H,34,39)(H,33,35,40). The number of halogens is 4. The van der Waals surface area contributed by atoms with Gasteiger partial charge in [-0.15, -0.1) is 11.3 Å². The average Bonchev–Trinajstić information content (AvgIpc) is 3.50. The highest BCUT2D eigenvalue weighted by Crippen LogP contribution is 2.30. The quantitative estimate of drug-likeness (QED) is 0.269. The summed E-state index contributed by atoms with van der Waals surface area (Å²) in [6.45, 7) is 0.869. The smallest absolute Gasteiger partial charge is 0.331 e. The number of fused-ring (bicyclic) bond motifs is 2. The van der Waals surface area contributed by atoms with Gasteiger partial charge in [-0.1, -0.05) is 11.6 Å². The molecule has 0 saturated carbocycles. The van der Waals surface area contributed by atoms with Gasteiger partial charge in [-0.05, 0) is 54.3 Å². The SMILES string of the molecule is Cc1nc2cc(Cl)c(Nc3nc(=O)n(Cc4cc5ccsc5[nH]c4=O)c(=O)n3Cc3cc(F)c(F)c(F)c3)cc2n1C. The van der Waals surface area contributed by atoms with E-state index in [1.165, 1.54) is 11.3 Å². The van der Waals surface area contributed by atoms with E-state index >= 15 is 0 Å². The number of aromatic amines is 1. The Balaban J connectivity index is 1.50. The number of anilines is 2. The lowest BCUT2D eigenvalue weighted by Crippen LogP contribution is -2.43. The van der Waals surface area contributed by atoms with E-state index in [2.05, 4.69) is 20.3 Å². The summed E-state index contributed by atoms with van der Waals surface area (Å²) in [5.41, 5.74) is -0.878. The molecule has 2 N–H and O–H groups in total. The third-order valence-electron chi connectivity index (χ3n) is 6.85. The molecule has 6 aromatic rings. The lowest BCUT2D eigenvalue weighted by atomic mass is 10.2. The van der Waals surface area contributed by atoms with E-state index < -0.39 is 47.5 Å². The summed E-state index contributed by atoms with van der Waals surface area (Å²) in [5.74, 6) is -4.16. The number of pyridine rings is 1. The predicted octanol–water partition coefficient (Wildman–Crippen LogP) is 4.41. The molecule has 4 aromatic heterocycles. The van der Waals surface area contributed by atoms with Crippen molar-refractivity contribution in [1.82, 2.24) is 28.7 Å². The normalized spacial score (nSPS) is 11.6. The molecule has 10 nitrogen and oxygen atoms in total. The van der Waals surface area contributed by atoms with Crippen LogP contribution < -0.4 is 22.3 Å². The van der Waals surface area contributed by atoms with Gasteiger partial charge in [0.1, 0.15) is 10.7 Å². The molecule has 0 aliphatic heterocycles. The zero-order valence-corrected chi connectivity index (χ0v) is 23.4. The monoisotopic (exact) mass is 613 g/mol. The molecule has 214 valence electrons. The van der Waals surface area contributed by atoms with Gasteiger partial charge in [0.25, 0.3) is 5.56 Å². The molecule has 0 unspecified atom stereocenters. The van der Waals surface area contributed by atoms with Gasteiger partial charge in [-0.25, -0.2) is 32.3 Å². The number of imidazole rings is 1. The third-order valence-corrected chi connectivity index (χ3v) is 8.00. The maximum Gasteiger partial charge on any atom is 0.355 e. The molecule has 15 heteroatoms. The molecular formula is C27H19ClF3N7O3S. The number of nitrogens with zero attached hydrogens (tertiary/aromatic N) is 5. The van der Waals surface area contributed by atoms with Crippen molar-refractivity contribution < 1.29 is 13.2 Å². The van der Waals surface area contributed by atoms with Crippen molar-refractivity contribution in [2.24, 2.45) is 7.05 Å². The first-order valence-electron chi connectivity index (χ1n) is 12.3. The average molecular weight is 614 g/mol. The van der Waals surface area contributed by atoms with Crippen LogP contribution in [0, 0.1) is 24.4 Å². The first-order chi connectivity index (χ1) is 20.0. The van der Waals surface area contributed by atoms with Crippen LogP contribution in [0.2, 0.25) is 5.02 Å². The summed E-state index contributed by atoms with van der Waals surface area (Å²) in [6, 6.07) is 8.03. The van der Waals surface area contributed by atoms with Gasteiger partial charge < -0.3 is 14.9 Å². The molecule has 0 bridgehead atoms.